The van der Waals surface area contributed by atoms with Crippen molar-refractivity contribution < 1.29 is 9.90 Å². The van der Waals surface area contributed by atoms with Crippen molar-refractivity contribution in [3.8, 4) is 0 Å². The Morgan fingerprint density at radius 1 is 1.17 bits per heavy atom. The predicted octanol–water partition coefficient (Wildman–Crippen LogP) is 2.78. The number of hydrazone groups is 2. The molecule has 2 unspecified atom stereocenters. The molecule has 2 aromatic carbocycles. The molecule has 1 aromatic heterocycles. The third kappa shape index (κ3) is 3.91. The summed E-state index contributed by atoms with van der Waals surface area (Å²) in [5, 5.41) is 36.1. The number of rotatable bonds is 6. The second-order valence-corrected chi connectivity index (χ2v) is 8.73. The molecule has 2 heterocycles. The monoisotopic (exact) mass is 482 g/mol. The normalized spacial score (nSPS) is 22.7. The van der Waals surface area contributed by atoms with E-state index in [9.17, 15) is 9.90 Å². The van der Waals surface area contributed by atoms with E-state index < -0.39 is 11.6 Å². The number of nitrogens with zero attached hydrogens (tertiary/aromatic N) is 6. The van der Waals surface area contributed by atoms with Crippen LogP contribution in [-0.2, 0) is 10.3 Å². The van der Waals surface area contributed by atoms with E-state index in [-0.39, 0.29) is 17.4 Å². The lowest BCUT2D eigenvalue weighted by atomic mass is 9.80. The maximum Gasteiger partial charge on any atom is 0.301 e. The number of aliphatic hydroxyl groups excluding tert-OH is 1. The average Bonchev–Trinajstić information content (AvgIpc) is 3.55. The van der Waals surface area contributed by atoms with Gasteiger partial charge in [-0.15, -0.1) is 5.10 Å². The number of tetrazole rings is 1. The van der Waals surface area contributed by atoms with Crippen molar-refractivity contribution in [1.29, 1.82) is 0 Å². The highest BCUT2D eigenvalue weighted by molar-refractivity contribution is 6.71. The number of carbonyl (C=O) groups is 1. The Hall–Kier alpha value is -4.44. The summed E-state index contributed by atoms with van der Waals surface area (Å²) in [5.74, 6) is -0.106. The standard InChI is InChI=1S/C26H26N8O2/c1-4-21-22(24(36)34(30-21)19-13-12-16(2)17(3)15-19)27-31-26(25-28-32-33-29-25)14-8-11-20(23(26)35)18-9-6-5-7-10-18/h5-15,23,31,35H,4H2,1-3H3,(H,28,29,32,33). The number of allylic oxidation sites excluding steroid dienone is 2. The third-order valence-electron chi connectivity index (χ3n) is 6.52. The highest BCUT2D eigenvalue weighted by Crippen LogP contribution is 2.36. The van der Waals surface area contributed by atoms with Gasteiger partial charge < -0.3 is 5.11 Å². The van der Waals surface area contributed by atoms with Crippen LogP contribution in [0.3, 0.4) is 0 Å². The minimum atomic E-state index is -1.34. The summed E-state index contributed by atoms with van der Waals surface area (Å²) in [6, 6.07) is 15.3. The zero-order valence-electron chi connectivity index (χ0n) is 20.2. The topological polar surface area (TPSA) is 132 Å². The zero-order valence-corrected chi connectivity index (χ0v) is 20.2. The van der Waals surface area contributed by atoms with Gasteiger partial charge in [0.05, 0.1) is 11.4 Å². The lowest BCUT2D eigenvalue weighted by Gasteiger charge is -2.36. The van der Waals surface area contributed by atoms with Crippen molar-refractivity contribution in [2.24, 2.45) is 10.2 Å². The van der Waals surface area contributed by atoms with E-state index in [0.29, 0.717) is 23.4 Å². The second-order valence-electron chi connectivity index (χ2n) is 8.73. The zero-order chi connectivity index (χ0) is 25.3. The van der Waals surface area contributed by atoms with E-state index in [2.05, 4.69) is 36.3 Å². The summed E-state index contributed by atoms with van der Waals surface area (Å²) >= 11 is 0. The van der Waals surface area contributed by atoms with Gasteiger partial charge in [-0.2, -0.15) is 15.2 Å². The van der Waals surface area contributed by atoms with Gasteiger partial charge in [0.1, 0.15) is 6.10 Å². The van der Waals surface area contributed by atoms with Crippen LogP contribution < -0.4 is 10.4 Å². The molecule has 1 amide bonds. The number of aromatic amines is 1. The number of nitrogens with one attached hydrogen (secondary N) is 2. The number of aromatic nitrogens is 4. The maximum atomic E-state index is 13.4. The van der Waals surface area contributed by atoms with Gasteiger partial charge in [0.2, 0.25) is 0 Å². The van der Waals surface area contributed by atoms with Crippen LogP contribution in [0.25, 0.3) is 5.57 Å². The second kappa shape index (κ2) is 9.31. The number of aryl methyl sites for hydroxylation is 2. The van der Waals surface area contributed by atoms with Crippen LogP contribution in [0.4, 0.5) is 5.69 Å². The Balaban J connectivity index is 1.51. The number of hydrogen-bond acceptors (Lipinski definition) is 8. The first-order valence-electron chi connectivity index (χ1n) is 11.7. The Kier molecular flexibility index (Phi) is 6.03. The molecule has 0 radical (unpaired) electrons. The number of carbonyl (C=O) groups excluding carboxylic acids is 1. The van der Waals surface area contributed by atoms with Crippen LogP contribution in [0, 0.1) is 13.8 Å². The smallest absolute Gasteiger partial charge is 0.301 e. The van der Waals surface area contributed by atoms with E-state index in [1.807, 2.05) is 75.4 Å². The van der Waals surface area contributed by atoms with Crippen molar-refractivity contribution in [1.82, 2.24) is 26.0 Å². The number of anilines is 1. The van der Waals surface area contributed by atoms with E-state index in [1.165, 1.54) is 5.01 Å². The van der Waals surface area contributed by atoms with Crippen molar-refractivity contribution in [2.75, 3.05) is 5.01 Å². The molecule has 2 atom stereocenters. The van der Waals surface area contributed by atoms with Gasteiger partial charge in [0.15, 0.2) is 17.1 Å². The van der Waals surface area contributed by atoms with Crippen LogP contribution in [0.1, 0.15) is 35.9 Å². The van der Waals surface area contributed by atoms with E-state index in [1.54, 1.807) is 12.2 Å². The molecule has 2 aliphatic rings. The van der Waals surface area contributed by atoms with Crippen molar-refractivity contribution in [3.63, 3.8) is 0 Å². The molecule has 36 heavy (non-hydrogen) atoms. The first-order chi connectivity index (χ1) is 17.4. The summed E-state index contributed by atoms with van der Waals surface area (Å²) < 4.78 is 0. The number of benzene rings is 2. The van der Waals surface area contributed by atoms with Gasteiger partial charge in [-0.25, -0.2) is 5.10 Å². The molecule has 0 fully saturated rings. The van der Waals surface area contributed by atoms with E-state index in [4.69, 9.17) is 0 Å². The maximum absolute atomic E-state index is 13.4. The highest BCUT2D eigenvalue weighted by Gasteiger charge is 2.45. The quantitative estimate of drug-likeness (QED) is 0.463. The molecule has 0 bridgehead atoms. The van der Waals surface area contributed by atoms with Gasteiger partial charge in [0.25, 0.3) is 0 Å². The number of aliphatic hydroxyl groups is 1. The largest absolute Gasteiger partial charge is 0.385 e. The number of H-pyrrole nitrogens is 1. The fourth-order valence-corrected chi connectivity index (χ4v) is 4.28. The molecule has 182 valence electrons. The van der Waals surface area contributed by atoms with Crippen LogP contribution in [0.2, 0.25) is 0 Å². The van der Waals surface area contributed by atoms with Gasteiger partial charge in [-0.3, -0.25) is 10.2 Å². The Morgan fingerprint density at radius 3 is 2.67 bits per heavy atom. The van der Waals surface area contributed by atoms with Crippen LogP contribution in [-0.4, -0.2) is 49.2 Å². The molecule has 0 saturated carbocycles. The lowest BCUT2D eigenvalue weighted by molar-refractivity contribution is -0.112. The van der Waals surface area contributed by atoms with Crippen molar-refractivity contribution in [2.45, 2.75) is 38.8 Å². The molecule has 1 aliphatic heterocycles. The molecule has 10 heteroatoms. The molecule has 0 spiro atoms. The molecule has 3 N–H and O–H groups in total. The molecular weight excluding hydrogens is 456 g/mol. The van der Waals surface area contributed by atoms with E-state index in [0.717, 1.165) is 16.7 Å². The summed E-state index contributed by atoms with van der Waals surface area (Å²) in [7, 11) is 0. The molecule has 5 rings (SSSR count). The van der Waals surface area contributed by atoms with Crippen molar-refractivity contribution in [3.05, 3.63) is 89.3 Å². The van der Waals surface area contributed by atoms with Gasteiger partial charge in [-0.05, 0) is 71.2 Å². The first kappa shape index (κ1) is 23.3. The van der Waals surface area contributed by atoms with E-state index >= 15 is 0 Å². The Labute approximate surface area is 208 Å². The van der Waals surface area contributed by atoms with Crippen molar-refractivity contribution >= 4 is 28.6 Å². The number of hydrogen-bond donors (Lipinski definition) is 3. The van der Waals surface area contributed by atoms with Crippen LogP contribution >= 0.6 is 0 Å². The predicted molar refractivity (Wildman–Crippen MR) is 137 cm³/mol. The average molecular weight is 483 g/mol. The molecule has 10 nitrogen and oxygen atoms in total. The molecular formula is C26H26N8O2. The molecule has 1 aliphatic carbocycles. The number of amides is 1. The summed E-state index contributed by atoms with van der Waals surface area (Å²) in [5.41, 5.74) is 6.73. The SMILES string of the molecule is CCC1=NN(c2ccc(C)c(C)c2)C(=O)C1=NNC1(c2nnn[nH]2)C=CC=C(c2ccccc2)C1O. The minimum Gasteiger partial charge on any atom is -0.385 e. The van der Waals surface area contributed by atoms with Gasteiger partial charge in [0, 0.05) is 0 Å². The Bertz CT molecular complexity index is 1410. The van der Waals surface area contributed by atoms with Gasteiger partial charge >= 0.3 is 5.91 Å². The molecule has 3 aromatic rings. The first-order valence-corrected chi connectivity index (χ1v) is 11.7. The summed E-state index contributed by atoms with van der Waals surface area (Å²) in [6.07, 6.45) is 4.74. The summed E-state index contributed by atoms with van der Waals surface area (Å²) in [4.78, 5) is 13.4. The molecule has 0 saturated heterocycles. The fourth-order valence-electron chi connectivity index (χ4n) is 4.28. The highest BCUT2D eigenvalue weighted by atomic mass is 16.3. The minimum absolute atomic E-state index is 0.166. The van der Waals surface area contributed by atoms with Crippen LogP contribution in [0.5, 0.6) is 0 Å². The Morgan fingerprint density at radius 2 is 1.97 bits per heavy atom. The fraction of sp³-hybridized carbons (Fsp3) is 0.231. The lowest BCUT2D eigenvalue weighted by Crippen LogP contribution is -2.51. The van der Waals surface area contributed by atoms with Gasteiger partial charge in [-0.1, -0.05) is 55.5 Å². The summed E-state index contributed by atoms with van der Waals surface area (Å²) in [6.45, 7) is 5.92. The van der Waals surface area contributed by atoms with Crippen LogP contribution in [0.15, 0.2) is 77.0 Å². The third-order valence-corrected chi connectivity index (χ3v) is 6.52.